The fourth-order valence-electron chi connectivity index (χ4n) is 2.76. The number of pyridine rings is 1. The van der Waals surface area contributed by atoms with Crippen molar-refractivity contribution in [3.63, 3.8) is 0 Å². The predicted molar refractivity (Wildman–Crippen MR) is 112 cm³/mol. The van der Waals surface area contributed by atoms with Gasteiger partial charge in [0.05, 0.1) is 12.7 Å². The van der Waals surface area contributed by atoms with Gasteiger partial charge >= 0.3 is 0 Å². The fourth-order valence-corrected chi connectivity index (χ4v) is 2.76. The number of methoxy groups -OCH3 is 1. The summed E-state index contributed by atoms with van der Waals surface area (Å²) < 4.78 is 6.67. The Kier molecular flexibility index (Phi) is 5.33. The quantitative estimate of drug-likeness (QED) is 0.510. The standard InChI is InChI=1S/C21H19N7O2/c1-14-24-18(12-19(25-14)28-11-3-10-23-28)26-16-5-7-17(8-6-16)27-21(29)15-4-9-20(30-2)22-13-15/h3-13H,1-2H3,(H,27,29)(H,24,25,26). The SMILES string of the molecule is COc1ccc(C(=O)Nc2ccc(Nc3cc(-n4cccn4)nc(C)n3)cc2)cn1. The molecule has 0 unspecified atom stereocenters. The van der Waals surface area contributed by atoms with Crippen LogP contribution in [0.4, 0.5) is 17.2 Å². The molecule has 0 saturated carbocycles. The molecular formula is C21H19N7O2. The number of ether oxygens (including phenoxy) is 1. The summed E-state index contributed by atoms with van der Waals surface area (Å²) in [4.78, 5) is 25.2. The van der Waals surface area contributed by atoms with Crippen LogP contribution in [0.5, 0.6) is 5.88 Å². The zero-order valence-electron chi connectivity index (χ0n) is 16.4. The number of amides is 1. The Balaban J connectivity index is 1.44. The van der Waals surface area contributed by atoms with Gasteiger partial charge in [-0.05, 0) is 43.3 Å². The number of carbonyl (C=O) groups is 1. The lowest BCUT2D eigenvalue weighted by Crippen LogP contribution is -2.12. The van der Waals surface area contributed by atoms with Crippen molar-refractivity contribution in [2.24, 2.45) is 0 Å². The summed E-state index contributed by atoms with van der Waals surface area (Å²) >= 11 is 0. The van der Waals surface area contributed by atoms with Crippen LogP contribution in [0.3, 0.4) is 0 Å². The van der Waals surface area contributed by atoms with Crippen LogP contribution in [0, 0.1) is 6.92 Å². The van der Waals surface area contributed by atoms with Crippen LogP contribution in [-0.4, -0.2) is 37.7 Å². The van der Waals surface area contributed by atoms with Crippen LogP contribution in [0.2, 0.25) is 0 Å². The smallest absolute Gasteiger partial charge is 0.257 e. The Morgan fingerprint density at radius 3 is 2.53 bits per heavy atom. The predicted octanol–water partition coefficient (Wildman–Crippen LogP) is 3.37. The van der Waals surface area contributed by atoms with Crippen LogP contribution in [0.25, 0.3) is 5.82 Å². The molecule has 9 nitrogen and oxygen atoms in total. The van der Waals surface area contributed by atoms with E-state index in [0.29, 0.717) is 34.6 Å². The molecule has 1 amide bonds. The third-order valence-corrected chi connectivity index (χ3v) is 4.19. The molecule has 0 bridgehead atoms. The van der Waals surface area contributed by atoms with Gasteiger partial charge in [-0.15, -0.1) is 0 Å². The number of benzene rings is 1. The molecule has 2 N–H and O–H groups in total. The van der Waals surface area contributed by atoms with Crippen LogP contribution < -0.4 is 15.4 Å². The summed E-state index contributed by atoms with van der Waals surface area (Å²) in [7, 11) is 1.53. The van der Waals surface area contributed by atoms with Crippen LogP contribution >= 0.6 is 0 Å². The van der Waals surface area contributed by atoms with Gasteiger partial charge in [-0.25, -0.2) is 19.6 Å². The van der Waals surface area contributed by atoms with Gasteiger partial charge in [0.25, 0.3) is 5.91 Å². The third-order valence-electron chi connectivity index (χ3n) is 4.19. The lowest BCUT2D eigenvalue weighted by atomic mass is 10.2. The van der Waals surface area contributed by atoms with Crippen molar-refractivity contribution >= 4 is 23.1 Å². The van der Waals surface area contributed by atoms with Gasteiger partial charge in [0.15, 0.2) is 5.82 Å². The Hall–Kier alpha value is -4.27. The fraction of sp³-hybridized carbons (Fsp3) is 0.0952. The zero-order chi connectivity index (χ0) is 20.9. The van der Waals surface area contributed by atoms with E-state index in [2.05, 4.69) is 30.7 Å². The first-order valence-electron chi connectivity index (χ1n) is 9.15. The van der Waals surface area contributed by atoms with Crippen LogP contribution in [0.15, 0.2) is 67.1 Å². The van der Waals surface area contributed by atoms with Gasteiger partial charge in [-0.3, -0.25) is 4.79 Å². The molecule has 0 aliphatic carbocycles. The summed E-state index contributed by atoms with van der Waals surface area (Å²) in [6, 6.07) is 14.3. The summed E-state index contributed by atoms with van der Waals surface area (Å²) in [5, 5.41) is 10.3. The van der Waals surface area contributed by atoms with Crippen molar-refractivity contribution in [3.05, 3.63) is 78.5 Å². The van der Waals surface area contributed by atoms with Crippen molar-refractivity contribution < 1.29 is 9.53 Å². The molecular weight excluding hydrogens is 382 g/mol. The van der Waals surface area contributed by atoms with Gasteiger partial charge in [0, 0.05) is 42.1 Å². The van der Waals surface area contributed by atoms with E-state index in [-0.39, 0.29) is 5.91 Å². The van der Waals surface area contributed by atoms with Crippen molar-refractivity contribution in [3.8, 4) is 11.7 Å². The molecule has 0 aliphatic rings. The molecule has 0 fully saturated rings. The second-order valence-corrected chi connectivity index (χ2v) is 6.35. The van der Waals surface area contributed by atoms with E-state index in [1.807, 2.05) is 37.4 Å². The third kappa shape index (κ3) is 4.41. The highest BCUT2D eigenvalue weighted by atomic mass is 16.5. The van der Waals surface area contributed by atoms with Gasteiger partial charge < -0.3 is 15.4 Å². The first-order chi connectivity index (χ1) is 14.6. The van der Waals surface area contributed by atoms with E-state index >= 15 is 0 Å². The van der Waals surface area contributed by atoms with Crippen LogP contribution in [-0.2, 0) is 0 Å². The monoisotopic (exact) mass is 401 g/mol. The average molecular weight is 401 g/mol. The first kappa shape index (κ1) is 19.1. The summed E-state index contributed by atoms with van der Waals surface area (Å²) in [5.74, 6) is 2.15. The first-order valence-corrected chi connectivity index (χ1v) is 9.15. The number of aromatic nitrogens is 5. The van der Waals surface area contributed by atoms with Crippen molar-refractivity contribution in [2.45, 2.75) is 6.92 Å². The minimum atomic E-state index is -0.249. The maximum absolute atomic E-state index is 12.3. The minimum absolute atomic E-state index is 0.249. The van der Waals surface area contributed by atoms with Gasteiger partial charge in [0.1, 0.15) is 11.6 Å². The molecule has 4 aromatic rings. The number of hydrogen-bond donors (Lipinski definition) is 2. The normalized spacial score (nSPS) is 10.5. The highest BCUT2D eigenvalue weighted by Crippen LogP contribution is 2.20. The van der Waals surface area contributed by atoms with Crippen molar-refractivity contribution in [2.75, 3.05) is 17.7 Å². The van der Waals surface area contributed by atoms with Crippen molar-refractivity contribution in [1.29, 1.82) is 0 Å². The molecule has 30 heavy (non-hydrogen) atoms. The lowest BCUT2D eigenvalue weighted by Gasteiger charge is -2.10. The Morgan fingerprint density at radius 2 is 1.87 bits per heavy atom. The largest absolute Gasteiger partial charge is 0.481 e. The Bertz CT molecular complexity index is 1140. The molecule has 0 saturated heterocycles. The van der Waals surface area contributed by atoms with Gasteiger partial charge in [-0.2, -0.15) is 5.10 Å². The zero-order valence-corrected chi connectivity index (χ0v) is 16.4. The topological polar surface area (TPSA) is 107 Å². The number of nitrogens with one attached hydrogen (secondary N) is 2. The van der Waals surface area contributed by atoms with Crippen molar-refractivity contribution in [1.82, 2.24) is 24.7 Å². The number of aryl methyl sites for hydroxylation is 1. The number of anilines is 3. The Morgan fingerprint density at radius 1 is 1.07 bits per heavy atom. The molecule has 3 heterocycles. The number of carbonyl (C=O) groups excluding carboxylic acids is 1. The summed E-state index contributed by atoms with van der Waals surface area (Å²) in [6.45, 7) is 1.82. The number of nitrogens with zero attached hydrogens (tertiary/aromatic N) is 5. The maximum atomic E-state index is 12.3. The molecule has 1 aromatic carbocycles. The second-order valence-electron chi connectivity index (χ2n) is 6.35. The molecule has 0 radical (unpaired) electrons. The van der Waals surface area contributed by atoms with Gasteiger partial charge in [-0.1, -0.05) is 0 Å². The van der Waals surface area contributed by atoms with Crippen LogP contribution in [0.1, 0.15) is 16.2 Å². The maximum Gasteiger partial charge on any atom is 0.257 e. The van der Waals surface area contributed by atoms with E-state index in [4.69, 9.17) is 4.74 Å². The van der Waals surface area contributed by atoms with Gasteiger partial charge in [0.2, 0.25) is 5.88 Å². The molecule has 150 valence electrons. The van der Waals surface area contributed by atoms with E-state index < -0.39 is 0 Å². The van der Waals surface area contributed by atoms with E-state index in [1.165, 1.54) is 13.3 Å². The molecule has 3 aromatic heterocycles. The highest BCUT2D eigenvalue weighted by molar-refractivity contribution is 6.04. The molecule has 4 rings (SSSR count). The van der Waals surface area contributed by atoms with E-state index in [9.17, 15) is 4.79 Å². The molecule has 0 spiro atoms. The summed E-state index contributed by atoms with van der Waals surface area (Å²) in [6.07, 6.45) is 4.99. The minimum Gasteiger partial charge on any atom is -0.481 e. The molecule has 0 aliphatic heterocycles. The Labute approximate surface area is 172 Å². The number of hydrogen-bond acceptors (Lipinski definition) is 7. The van der Waals surface area contributed by atoms with E-state index in [0.717, 1.165) is 5.69 Å². The molecule has 0 atom stereocenters. The van der Waals surface area contributed by atoms with E-state index in [1.54, 1.807) is 35.1 Å². The summed E-state index contributed by atoms with van der Waals surface area (Å²) in [5.41, 5.74) is 1.93. The number of rotatable bonds is 6. The average Bonchev–Trinajstić information content (AvgIpc) is 3.30. The lowest BCUT2D eigenvalue weighted by molar-refractivity contribution is 0.102. The second kappa shape index (κ2) is 8.39. The highest BCUT2D eigenvalue weighted by Gasteiger charge is 2.08. The molecule has 9 heteroatoms.